The molecule has 1 aliphatic carbocycles. The highest BCUT2D eigenvalue weighted by Crippen LogP contribution is 2.35. The highest BCUT2D eigenvalue weighted by Gasteiger charge is 2.34. The van der Waals surface area contributed by atoms with Crippen molar-refractivity contribution in [2.24, 2.45) is 0 Å². The van der Waals surface area contributed by atoms with Crippen molar-refractivity contribution in [2.75, 3.05) is 19.5 Å². The fraction of sp³-hybridized carbons (Fsp3) is 0.455. The molecule has 0 spiro atoms. The Kier molecular flexibility index (Phi) is 5.62. The molecule has 1 aliphatic rings. The second-order valence-corrected chi connectivity index (χ2v) is 11.6. The first-order valence-corrected chi connectivity index (χ1v) is 11.8. The van der Waals surface area contributed by atoms with E-state index >= 15 is 0 Å². The Hall–Kier alpha value is -2.72. The van der Waals surface area contributed by atoms with Crippen LogP contribution in [0.2, 0.25) is 0 Å². The minimum absolute atomic E-state index is 0.0483. The molecule has 172 valence electrons. The molecule has 3 heterocycles. The van der Waals surface area contributed by atoms with Crippen molar-refractivity contribution in [3.8, 4) is 17.0 Å². The maximum absolute atomic E-state index is 14.4. The molecule has 32 heavy (non-hydrogen) atoms. The van der Waals surface area contributed by atoms with Crippen LogP contribution >= 0.6 is 0 Å². The predicted molar refractivity (Wildman–Crippen MR) is 119 cm³/mol. The van der Waals surface area contributed by atoms with Crippen LogP contribution in [0, 0.1) is 5.95 Å². The number of pyridine rings is 2. The summed E-state index contributed by atoms with van der Waals surface area (Å²) in [5, 5.41) is 3.23. The van der Waals surface area contributed by atoms with E-state index in [1.54, 1.807) is 50.6 Å². The Morgan fingerprint density at radius 1 is 1.19 bits per heavy atom. The summed E-state index contributed by atoms with van der Waals surface area (Å²) in [6.07, 6.45) is 4.92. The van der Waals surface area contributed by atoms with Gasteiger partial charge in [0.05, 0.1) is 29.9 Å². The van der Waals surface area contributed by atoms with Gasteiger partial charge in [0.2, 0.25) is 5.95 Å². The molecule has 10 heteroatoms. The monoisotopic (exact) mass is 462 g/mol. The summed E-state index contributed by atoms with van der Waals surface area (Å²) in [6.45, 7) is 4.89. The van der Waals surface area contributed by atoms with E-state index < -0.39 is 20.5 Å². The number of rotatable bonds is 6. The Balaban J connectivity index is 1.78. The lowest BCUT2D eigenvalue weighted by Crippen LogP contribution is -2.40. The van der Waals surface area contributed by atoms with Gasteiger partial charge < -0.3 is 14.8 Å². The highest BCUT2D eigenvalue weighted by atomic mass is 32.2. The van der Waals surface area contributed by atoms with E-state index in [0.717, 1.165) is 12.8 Å². The highest BCUT2D eigenvalue weighted by molar-refractivity contribution is 7.92. The van der Waals surface area contributed by atoms with Gasteiger partial charge in [-0.3, -0.25) is 4.40 Å². The van der Waals surface area contributed by atoms with E-state index in [4.69, 9.17) is 9.47 Å². The average Bonchev–Trinajstić information content (AvgIpc) is 3.11. The Bertz CT molecular complexity index is 1260. The van der Waals surface area contributed by atoms with E-state index in [1.807, 2.05) is 0 Å². The SMILES string of the molecule is COc1cc2ncc(-c3cc(F)nc(NC4CC(OC)C4)c3)n2cc1S(=O)(=O)C(C)(C)C. The third-order valence-corrected chi connectivity index (χ3v) is 8.26. The number of hydrogen-bond donors (Lipinski definition) is 1. The van der Waals surface area contributed by atoms with Gasteiger partial charge in [0.15, 0.2) is 9.84 Å². The van der Waals surface area contributed by atoms with Crippen LogP contribution < -0.4 is 10.1 Å². The molecule has 0 bridgehead atoms. The Labute approximate surface area is 186 Å². The number of nitrogens with one attached hydrogen (secondary N) is 1. The van der Waals surface area contributed by atoms with Gasteiger partial charge in [-0.2, -0.15) is 4.39 Å². The number of halogens is 1. The van der Waals surface area contributed by atoms with E-state index in [-0.39, 0.29) is 22.8 Å². The molecule has 0 radical (unpaired) electrons. The lowest BCUT2D eigenvalue weighted by molar-refractivity contribution is 0.0328. The molecule has 1 saturated carbocycles. The lowest BCUT2D eigenvalue weighted by atomic mass is 9.89. The molecular formula is C22H27FN4O4S. The zero-order chi connectivity index (χ0) is 23.3. The molecule has 1 fully saturated rings. The quantitative estimate of drug-likeness (QED) is 0.558. The van der Waals surface area contributed by atoms with E-state index in [2.05, 4.69) is 15.3 Å². The fourth-order valence-electron chi connectivity index (χ4n) is 3.70. The predicted octanol–water partition coefficient (Wildman–Crippen LogP) is 3.71. The van der Waals surface area contributed by atoms with E-state index in [1.165, 1.54) is 19.4 Å². The summed E-state index contributed by atoms with van der Waals surface area (Å²) in [6, 6.07) is 4.76. The number of imidazole rings is 1. The largest absolute Gasteiger partial charge is 0.495 e. The smallest absolute Gasteiger partial charge is 0.215 e. The molecule has 0 aromatic carbocycles. The van der Waals surface area contributed by atoms with Gasteiger partial charge in [-0.1, -0.05) is 0 Å². The van der Waals surface area contributed by atoms with Crippen molar-refractivity contribution in [2.45, 2.75) is 55.4 Å². The van der Waals surface area contributed by atoms with Crippen molar-refractivity contribution < 1.29 is 22.3 Å². The first kappa shape index (κ1) is 22.5. The van der Waals surface area contributed by atoms with E-state index in [9.17, 15) is 12.8 Å². The summed E-state index contributed by atoms with van der Waals surface area (Å²) >= 11 is 0. The molecule has 8 nitrogen and oxygen atoms in total. The summed E-state index contributed by atoms with van der Waals surface area (Å²) < 4.78 is 51.9. The number of aromatic nitrogens is 3. The van der Waals surface area contributed by atoms with Crippen molar-refractivity contribution in [3.05, 3.63) is 36.5 Å². The number of hydrogen-bond acceptors (Lipinski definition) is 7. The summed E-state index contributed by atoms with van der Waals surface area (Å²) in [4.78, 5) is 8.36. The van der Waals surface area contributed by atoms with Crippen molar-refractivity contribution in [1.29, 1.82) is 0 Å². The molecule has 3 aromatic heterocycles. The fourth-order valence-corrected chi connectivity index (χ4v) is 5.01. The molecule has 3 aromatic rings. The van der Waals surface area contributed by atoms with Gasteiger partial charge in [0.1, 0.15) is 22.1 Å². The van der Waals surface area contributed by atoms with Gasteiger partial charge in [-0.15, -0.1) is 0 Å². The van der Waals surface area contributed by atoms with Crippen LogP contribution in [-0.2, 0) is 14.6 Å². The number of anilines is 1. The Morgan fingerprint density at radius 2 is 1.91 bits per heavy atom. The van der Waals surface area contributed by atoms with Crippen LogP contribution in [0.25, 0.3) is 16.9 Å². The first-order valence-electron chi connectivity index (χ1n) is 10.3. The third-order valence-electron chi connectivity index (χ3n) is 5.76. The normalized spacial score (nSPS) is 19.1. The minimum atomic E-state index is -3.71. The van der Waals surface area contributed by atoms with Crippen LogP contribution in [0.3, 0.4) is 0 Å². The maximum Gasteiger partial charge on any atom is 0.215 e. The lowest BCUT2D eigenvalue weighted by Gasteiger charge is -2.34. The second-order valence-electron chi connectivity index (χ2n) is 8.93. The van der Waals surface area contributed by atoms with Crippen molar-refractivity contribution in [3.63, 3.8) is 0 Å². The van der Waals surface area contributed by atoms with Gasteiger partial charge in [-0.25, -0.2) is 18.4 Å². The number of ether oxygens (including phenoxy) is 2. The first-order chi connectivity index (χ1) is 15.0. The third kappa shape index (κ3) is 3.93. The molecule has 0 aliphatic heterocycles. The number of sulfone groups is 1. The standard InChI is InChI=1S/C22H27FN4O4S/c1-22(2,3)32(28,29)18-12-27-16(11-24-21(27)10-17(18)31-5)13-6-19(23)26-20(7-13)25-14-8-15(9-14)30-4/h6-7,10-12,14-15H,8-9H2,1-5H3,(H,25,26). The zero-order valence-electron chi connectivity index (χ0n) is 18.7. The Morgan fingerprint density at radius 3 is 2.53 bits per heavy atom. The van der Waals surface area contributed by atoms with Crippen LogP contribution in [0.5, 0.6) is 5.75 Å². The summed E-state index contributed by atoms with van der Waals surface area (Å²) in [7, 11) is -0.615. The minimum Gasteiger partial charge on any atom is -0.495 e. The summed E-state index contributed by atoms with van der Waals surface area (Å²) in [5.74, 6) is -0.0188. The second kappa shape index (κ2) is 8.00. The average molecular weight is 463 g/mol. The molecule has 0 atom stereocenters. The van der Waals surface area contributed by atoms with Crippen LogP contribution in [-0.4, -0.2) is 53.9 Å². The van der Waals surface area contributed by atoms with Gasteiger partial charge in [0, 0.05) is 37.0 Å². The van der Waals surface area contributed by atoms with Crippen molar-refractivity contribution >= 4 is 21.3 Å². The van der Waals surface area contributed by atoms with E-state index in [0.29, 0.717) is 22.7 Å². The molecule has 0 unspecified atom stereocenters. The molecule has 4 rings (SSSR count). The number of nitrogens with zero attached hydrogens (tertiary/aromatic N) is 3. The number of fused-ring (bicyclic) bond motifs is 1. The molecule has 0 amide bonds. The van der Waals surface area contributed by atoms with Gasteiger partial charge >= 0.3 is 0 Å². The van der Waals surface area contributed by atoms with Crippen molar-refractivity contribution in [1.82, 2.24) is 14.4 Å². The summed E-state index contributed by atoms with van der Waals surface area (Å²) in [5.41, 5.74) is 1.55. The topological polar surface area (TPSA) is 94.8 Å². The van der Waals surface area contributed by atoms with Crippen LogP contribution in [0.4, 0.5) is 10.2 Å². The van der Waals surface area contributed by atoms with Gasteiger partial charge in [-0.05, 0) is 39.7 Å². The molecular weight excluding hydrogens is 435 g/mol. The maximum atomic E-state index is 14.4. The molecule has 1 N–H and O–H groups in total. The zero-order valence-corrected chi connectivity index (χ0v) is 19.5. The van der Waals surface area contributed by atoms with Crippen LogP contribution in [0.15, 0.2) is 35.5 Å². The molecule has 0 saturated heterocycles. The van der Waals surface area contributed by atoms with Gasteiger partial charge in [0.25, 0.3) is 0 Å². The van der Waals surface area contributed by atoms with Crippen LogP contribution in [0.1, 0.15) is 33.6 Å². The number of methoxy groups -OCH3 is 2.